The Morgan fingerprint density at radius 3 is 2.06 bits per heavy atom. The van der Waals surface area contributed by atoms with Crippen molar-refractivity contribution in [1.29, 1.82) is 0 Å². The molecule has 8 nitrogen and oxygen atoms in total. The number of halogens is 2. The van der Waals surface area contributed by atoms with Crippen LogP contribution in [0.1, 0.15) is 0 Å². The predicted molar refractivity (Wildman–Crippen MR) is 117 cm³/mol. The lowest BCUT2D eigenvalue weighted by Gasteiger charge is -2.19. The number of para-hydroxylation sites is 1. The number of rotatable bonds is 6. The number of hydrogen-bond acceptors (Lipinski definition) is 6. The third-order valence-electron chi connectivity index (χ3n) is 4.43. The zero-order chi connectivity index (χ0) is 22.9. The van der Waals surface area contributed by atoms with Crippen molar-refractivity contribution in [1.82, 2.24) is 0 Å². The van der Waals surface area contributed by atoms with Gasteiger partial charge in [0.1, 0.15) is 19.0 Å². The first-order chi connectivity index (χ1) is 15.2. The van der Waals surface area contributed by atoms with Crippen LogP contribution in [0.15, 0.2) is 70.5 Å². The normalized spacial score (nSPS) is 13.4. The van der Waals surface area contributed by atoms with Gasteiger partial charge >= 0.3 is 0 Å². The second-order valence-electron chi connectivity index (χ2n) is 6.64. The molecule has 0 radical (unpaired) electrons. The van der Waals surface area contributed by atoms with Crippen LogP contribution in [0.2, 0.25) is 5.02 Å². The lowest BCUT2D eigenvalue weighted by atomic mass is 10.3. The van der Waals surface area contributed by atoms with Crippen molar-refractivity contribution in [2.45, 2.75) is 9.79 Å². The van der Waals surface area contributed by atoms with E-state index in [0.29, 0.717) is 12.4 Å². The van der Waals surface area contributed by atoms with Gasteiger partial charge in [-0.3, -0.25) is 9.44 Å². The Morgan fingerprint density at radius 2 is 1.34 bits per heavy atom. The third-order valence-corrected chi connectivity index (χ3v) is 7.49. The quantitative estimate of drug-likeness (QED) is 0.534. The smallest absolute Gasteiger partial charge is 0.262 e. The number of nitrogens with one attached hydrogen (secondary N) is 2. The van der Waals surface area contributed by atoms with E-state index < -0.39 is 25.9 Å². The Labute approximate surface area is 189 Å². The fourth-order valence-electron chi connectivity index (χ4n) is 2.89. The van der Waals surface area contributed by atoms with Gasteiger partial charge < -0.3 is 9.47 Å². The van der Waals surface area contributed by atoms with Crippen LogP contribution in [0.25, 0.3) is 0 Å². The summed E-state index contributed by atoms with van der Waals surface area (Å²) in [5.74, 6) is -0.0687. The number of benzene rings is 3. The summed E-state index contributed by atoms with van der Waals surface area (Å²) in [6.45, 7) is 0.639. The van der Waals surface area contributed by atoms with E-state index in [-0.39, 0.29) is 38.5 Å². The fourth-order valence-corrected chi connectivity index (χ4v) is 5.29. The fraction of sp³-hybridized carbons (Fsp3) is 0.100. The van der Waals surface area contributed by atoms with Gasteiger partial charge in [0, 0.05) is 6.07 Å². The number of hydrogen-bond donors (Lipinski definition) is 2. The summed E-state index contributed by atoms with van der Waals surface area (Å²) in [6.07, 6.45) is 0. The molecule has 1 heterocycles. The SMILES string of the molecule is O=S(=O)(Nc1ccccc1F)c1ccc(Cl)c(NS(=O)(=O)c2ccc3c(c2)OCCO3)c1. The summed E-state index contributed by atoms with van der Waals surface area (Å²) in [7, 11) is -8.37. The van der Waals surface area contributed by atoms with E-state index in [4.69, 9.17) is 21.1 Å². The molecule has 0 aliphatic carbocycles. The molecule has 0 aromatic heterocycles. The summed E-state index contributed by atoms with van der Waals surface area (Å²) >= 11 is 6.09. The van der Waals surface area contributed by atoms with Gasteiger partial charge in [-0.25, -0.2) is 21.2 Å². The van der Waals surface area contributed by atoms with E-state index in [1.54, 1.807) is 0 Å². The number of ether oxygens (including phenoxy) is 2. The molecule has 0 amide bonds. The largest absolute Gasteiger partial charge is 0.486 e. The van der Waals surface area contributed by atoms with Gasteiger partial charge in [0.2, 0.25) is 0 Å². The van der Waals surface area contributed by atoms with E-state index >= 15 is 0 Å². The molecule has 1 aliphatic rings. The molecule has 0 saturated heterocycles. The molecule has 0 saturated carbocycles. The molecule has 168 valence electrons. The second kappa shape index (κ2) is 8.49. The van der Waals surface area contributed by atoms with Gasteiger partial charge in [0.05, 0.1) is 26.2 Å². The number of fused-ring (bicyclic) bond motifs is 1. The molecule has 0 fully saturated rings. The molecule has 2 N–H and O–H groups in total. The highest BCUT2D eigenvalue weighted by Gasteiger charge is 2.23. The van der Waals surface area contributed by atoms with Gasteiger partial charge in [0.15, 0.2) is 11.5 Å². The molecular formula is C20H16ClFN2O6S2. The molecule has 0 unspecified atom stereocenters. The maximum Gasteiger partial charge on any atom is 0.262 e. The summed E-state index contributed by atoms with van der Waals surface area (Å²) < 4.78 is 80.1. The minimum absolute atomic E-state index is 0.0315. The lowest BCUT2D eigenvalue weighted by Crippen LogP contribution is -2.18. The van der Waals surface area contributed by atoms with Crippen molar-refractivity contribution in [3.8, 4) is 11.5 Å². The molecule has 12 heteroatoms. The maximum absolute atomic E-state index is 13.9. The van der Waals surface area contributed by atoms with Crippen molar-refractivity contribution < 1.29 is 30.7 Å². The molecule has 3 aromatic rings. The van der Waals surface area contributed by atoms with Crippen LogP contribution in [0.5, 0.6) is 11.5 Å². The zero-order valence-corrected chi connectivity index (χ0v) is 18.6. The van der Waals surface area contributed by atoms with Gasteiger partial charge in [0.25, 0.3) is 20.0 Å². The van der Waals surface area contributed by atoms with Crippen LogP contribution in [0.3, 0.4) is 0 Å². The van der Waals surface area contributed by atoms with Gasteiger partial charge in [-0.05, 0) is 42.5 Å². The molecule has 0 spiro atoms. The standard InChI is InChI=1S/C20H16ClFN2O6S2/c21-15-7-5-13(31(25,26)23-17-4-2-1-3-16(17)22)11-18(15)24-32(27,28)14-6-8-19-20(12-14)30-10-9-29-19/h1-8,11-12,23-24H,9-10H2. The zero-order valence-electron chi connectivity index (χ0n) is 16.2. The average molecular weight is 499 g/mol. The second-order valence-corrected chi connectivity index (χ2v) is 10.4. The van der Waals surface area contributed by atoms with Crippen molar-refractivity contribution in [3.05, 3.63) is 71.5 Å². The lowest BCUT2D eigenvalue weighted by molar-refractivity contribution is 0.171. The van der Waals surface area contributed by atoms with Gasteiger partial charge in [-0.1, -0.05) is 23.7 Å². The molecule has 0 atom stereocenters. The number of anilines is 2. The Kier molecular flexibility index (Phi) is 5.89. The summed E-state index contributed by atoms with van der Waals surface area (Å²) in [4.78, 5) is -0.444. The first-order valence-corrected chi connectivity index (χ1v) is 12.5. The first kappa shape index (κ1) is 22.2. The summed E-state index contributed by atoms with van der Waals surface area (Å²) in [6, 6.07) is 12.8. The Morgan fingerprint density at radius 1 is 0.750 bits per heavy atom. The monoisotopic (exact) mass is 498 g/mol. The van der Waals surface area contributed by atoms with Crippen LogP contribution in [-0.2, 0) is 20.0 Å². The first-order valence-electron chi connectivity index (χ1n) is 9.15. The molecule has 32 heavy (non-hydrogen) atoms. The highest BCUT2D eigenvalue weighted by Crippen LogP contribution is 2.34. The Balaban J connectivity index is 1.63. The van der Waals surface area contributed by atoms with Crippen LogP contribution in [0.4, 0.5) is 15.8 Å². The summed E-state index contributed by atoms with van der Waals surface area (Å²) in [5, 5.41) is -0.0315. The average Bonchev–Trinajstić information content (AvgIpc) is 2.76. The molecule has 0 bridgehead atoms. The van der Waals surface area contributed by atoms with Crippen molar-refractivity contribution in [2.75, 3.05) is 22.7 Å². The summed E-state index contributed by atoms with van der Waals surface area (Å²) in [5.41, 5.74) is -0.418. The third kappa shape index (κ3) is 4.59. The van der Waals surface area contributed by atoms with Crippen LogP contribution in [0, 0.1) is 5.82 Å². The minimum Gasteiger partial charge on any atom is -0.486 e. The van der Waals surface area contributed by atoms with E-state index in [0.717, 1.165) is 12.1 Å². The number of sulfonamides is 2. The predicted octanol–water partition coefficient (Wildman–Crippen LogP) is 3.85. The maximum atomic E-state index is 13.9. The van der Waals surface area contributed by atoms with E-state index in [9.17, 15) is 21.2 Å². The Hall–Kier alpha value is -3.02. The van der Waals surface area contributed by atoms with Gasteiger partial charge in [-0.15, -0.1) is 0 Å². The highest BCUT2D eigenvalue weighted by molar-refractivity contribution is 7.93. The van der Waals surface area contributed by atoms with Crippen LogP contribution in [-0.4, -0.2) is 30.0 Å². The van der Waals surface area contributed by atoms with Gasteiger partial charge in [-0.2, -0.15) is 0 Å². The van der Waals surface area contributed by atoms with Crippen molar-refractivity contribution in [3.63, 3.8) is 0 Å². The van der Waals surface area contributed by atoms with Crippen LogP contribution < -0.4 is 18.9 Å². The molecular weight excluding hydrogens is 483 g/mol. The van der Waals surface area contributed by atoms with Crippen molar-refractivity contribution in [2.24, 2.45) is 0 Å². The molecule has 3 aromatic carbocycles. The van der Waals surface area contributed by atoms with E-state index in [1.165, 1.54) is 48.5 Å². The topological polar surface area (TPSA) is 111 Å². The highest BCUT2D eigenvalue weighted by atomic mass is 35.5. The molecule has 1 aliphatic heterocycles. The molecule has 4 rings (SSSR count). The van der Waals surface area contributed by atoms with Crippen LogP contribution >= 0.6 is 11.6 Å². The van der Waals surface area contributed by atoms with E-state index in [1.807, 2.05) is 0 Å². The van der Waals surface area contributed by atoms with Crippen molar-refractivity contribution >= 4 is 43.0 Å². The minimum atomic E-state index is -4.23. The van der Waals surface area contributed by atoms with E-state index in [2.05, 4.69) is 9.44 Å². The Bertz CT molecular complexity index is 1400.